The first-order valence-corrected chi connectivity index (χ1v) is 37.6. The Bertz CT molecular complexity index is 7090. The predicted octanol–water partition coefficient (Wildman–Crippen LogP) is 25.4. The van der Waals surface area contributed by atoms with Crippen molar-refractivity contribution >= 4 is 123 Å². The van der Waals surface area contributed by atoms with Crippen LogP contribution in [0.3, 0.4) is 0 Å². The second-order valence-electron chi connectivity index (χ2n) is 33.8. The first kappa shape index (κ1) is 56.0. The average Bonchev–Trinajstić information content (AvgIpc) is 0.730. The number of nitrogens with zero attached hydrogens (tertiary/aromatic N) is 6. The number of fused-ring (bicyclic) bond motifs is 13. The van der Waals surface area contributed by atoms with Crippen LogP contribution in [0.15, 0.2) is 291 Å². The number of aromatic nitrogens is 3. The van der Waals surface area contributed by atoms with Crippen LogP contribution in [0, 0.1) is 18.2 Å². The molecule has 17 aromatic rings. The second kappa shape index (κ2) is 24.6. The fraction of sp³-hybridized carbons (Fsp3) is 0.167. The van der Waals surface area contributed by atoms with Crippen molar-refractivity contribution in [2.24, 2.45) is 0 Å². The van der Waals surface area contributed by atoms with Crippen molar-refractivity contribution in [1.29, 1.82) is 5.26 Å². The molecule has 0 saturated carbocycles. The molecule has 0 spiro atoms. The van der Waals surface area contributed by atoms with Gasteiger partial charge < -0.3 is 23.5 Å². The Morgan fingerprint density at radius 3 is 1.33 bits per heavy atom. The molecule has 0 aliphatic carbocycles. The topological polar surface area (TPSA) is 45.1 Å². The molecule has 2 aliphatic rings. The Kier molecular flexibility index (Phi) is 12.6. The van der Waals surface area contributed by atoms with Crippen molar-refractivity contribution in [2.45, 2.75) is 112 Å². The Hall–Kier alpha value is -12.4. The summed E-state index contributed by atoms with van der Waals surface area (Å²) in [7, 11) is 0. The van der Waals surface area contributed by atoms with E-state index in [0.29, 0.717) is 28.3 Å². The summed E-state index contributed by atoms with van der Waals surface area (Å²) in [4.78, 5) is 4.70. The normalized spacial score (nSPS) is 14.7. The summed E-state index contributed by atoms with van der Waals surface area (Å²) >= 11 is 0. The number of rotatable bonds is 8. The summed E-state index contributed by atoms with van der Waals surface area (Å²) in [6, 6.07) is 83.7. The van der Waals surface area contributed by atoms with Crippen LogP contribution < -0.4 is 26.2 Å². The van der Waals surface area contributed by atoms with Crippen LogP contribution in [0.1, 0.15) is 132 Å². The van der Waals surface area contributed by atoms with E-state index in [1.54, 1.807) is 16.7 Å². The van der Waals surface area contributed by atoms with Crippen molar-refractivity contribution in [2.75, 3.05) is 9.80 Å². The lowest BCUT2D eigenvalue weighted by Crippen LogP contribution is -2.61. The number of aryl methyl sites for hydroxylation is 1. The van der Waals surface area contributed by atoms with Gasteiger partial charge in [0.05, 0.1) is 61.0 Å². The third-order valence-corrected chi connectivity index (χ3v) is 22.8. The van der Waals surface area contributed by atoms with Gasteiger partial charge in [0, 0.05) is 76.2 Å². The van der Waals surface area contributed by atoms with Crippen LogP contribution in [0.4, 0.5) is 34.1 Å². The van der Waals surface area contributed by atoms with E-state index in [-0.39, 0.29) is 49.0 Å². The van der Waals surface area contributed by atoms with Gasteiger partial charge in [-0.25, -0.2) is 0 Å². The first-order valence-electron chi connectivity index (χ1n) is 43.1. The quantitative estimate of drug-likeness (QED) is 0.142. The highest BCUT2D eigenvalue weighted by Gasteiger charge is 2.45. The maximum atomic E-state index is 11.6. The first-order chi connectivity index (χ1) is 57.0. The van der Waals surface area contributed by atoms with Crippen LogP contribution in [0.5, 0.6) is 0 Å². The summed E-state index contributed by atoms with van der Waals surface area (Å²) in [6.45, 7) is 24.1. The molecule has 109 heavy (non-hydrogen) atoms. The third kappa shape index (κ3) is 11.0. The largest absolute Gasteiger partial charge is 0.311 e. The van der Waals surface area contributed by atoms with E-state index in [0.717, 1.165) is 122 Å². The van der Waals surface area contributed by atoms with Crippen molar-refractivity contribution in [3.05, 3.63) is 324 Å². The van der Waals surface area contributed by atoms with Gasteiger partial charge in [-0.3, -0.25) is 0 Å². The molecule has 7 heteroatoms. The molecule has 0 bridgehead atoms. The van der Waals surface area contributed by atoms with Gasteiger partial charge in [-0.2, -0.15) is 5.26 Å². The molecule has 5 heterocycles. The molecule has 0 atom stereocenters. The van der Waals surface area contributed by atoms with Gasteiger partial charge in [-0.15, -0.1) is 0 Å². The molecule has 0 saturated heterocycles. The zero-order valence-corrected chi connectivity index (χ0v) is 63.4. The van der Waals surface area contributed by atoms with Gasteiger partial charge in [-0.05, 0) is 216 Å². The molecular formula is C102H87BN6. The van der Waals surface area contributed by atoms with Crippen LogP contribution in [0.25, 0.3) is 116 Å². The molecule has 0 unspecified atom stereocenters. The highest BCUT2D eigenvalue weighted by molar-refractivity contribution is 7.00. The van der Waals surface area contributed by atoms with Crippen molar-refractivity contribution in [3.8, 4) is 56.5 Å². The summed E-state index contributed by atoms with van der Waals surface area (Å²) in [5, 5.41) is 15.7. The molecule has 2 aliphatic heterocycles. The lowest BCUT2D eigenvalue weighted by Gasteiger charge is -2.45. The minimum absolute atomic E-state index is 0.0143. The fourth-order valence-corrected chi connectivity index (χ4v) is 17.0. The Balaban J connectivity index is 1.01. The number of anilines is 6. The van der Waals surface area contributed by atoms with E-state index in [1.807, 2.05) is 78.9 Å². The van der Waals surface area contributed by atoms with Crippen LogP contribution >= 0.6 is 0 Å². The van der Waals surface area contributed by atoms with Crippen molar-refractivity contribution < 1.29 is 15.1 Å². The van der Waals surface area contributed by atoms with Crippen LogP contribution in [-0.2, 0) is 21.7 Å². The fourth-order valence-electron chi connectivity index (χ4n) is 17.0. The number of benzene rings is 14. The Morgan fingerprint density at radius 2 is 0.771 bits per heavy atom. The average molecular weight is 1420 g/mol. The van der Waals surface area contributed by atoms with E-state index >= 15 is 0 Å². The summed E-state index contributed by atoms with van der Waals surface area (Å²) < 4.78 is 107. The van der Waals surface area contributed by atoms with Gasteiger partial charge in [0.15, 0.2) is 0 Å². The summed E-state index contributed by atoms with van der Waals surface area (Å²) in [5.74, 6) is 0. The van der Waals surface area contributed by atoms with Crippen molar-refractivity contribution in [3.63, 3.8) is 0 Å². The number of hydrogen-bond donors (Lipinski definition) is 0. The van der Waals surface area contributed by atoms with E-state index in [1.165, 1.54) is 22.3 Å². The zero-order valence-electron chi connectivity index (χ0n) is 74.4. The standard InChI is InChI=1S/C102H87BN6/c1-63-35-37-65(38-36-63)69-49-68(64-25-15-14-16-26-64)52-77(53-69)108-94-54-66(70-50-73(101(8,9)10)55-74(51-70)102(11,12)13)40-45-85(94)103-86-46-44-76(105-87-31-21-17-27-79(87)80-28-18-22-32-88(80)105)59-95(86)106(75-43-39-67(62-104)93(58-75)109-89-33-23-19-29-81(89)82-30-20-24-34-90(82)109)96-60-78(61-97(108)98(96)103)107-91-47-41-71(99(2,3)4)56-83(91)84-57-72(100(5,6)7)42-48-92(84)107/h14-61H,1-13H3/i1D3,17D,18D,21D,22D,27D,28D,31D,32D. The molecule has 0 fully saturated rings. The lowest BCUT2D eigenvalue weighted by molar-refractivity contribution is 0.569. The summed E-state index contributed by atoms with van der Waals surface area (Å²) in [5.41, 5.74) is 22.7. The minimum atomic E-state index is -2.34. The van der Waals surface area contributed by atoms with Crippen molar-refractivity contribution in [1.82, 2.24) is 13.7 Å². The Morgan fingerprint density at radius 1 is 0.312 bits per heavy atom. The number of hydrogen-bond acceptors (Lipinski definition) is 3. The third-order valence-electron chi connectivity index (χ3n) is 22.8. The van der Waals surface area contributed by atoms with E-state index in [2.05, 4.69) is 260 Å². The predicted molar refractivity (Wildman–Crippen MR) is 464 cm³/mol. The Labute approximate surface area is 655 Å². The molecule has 0 N–H and O–H groups in total. The number of nitriles is 1. The molecule has 0 amide bonds. The van der Waals surface area contributed by atoms with Gasteiger partial charge in [-0.1, -0.05) is 264 Å². The maximum absolute atomic E-state index is 11.6. The van der Waals surface area contributed by atoms with Gasteiger partial charge in [0.25, 0.3) is 6.71 Å². The van der Waals surface area contributed by atoms with E-state index in [4.69, 9.17) is 6.85 Å². The number of para-hydroxylation sites is 4. The maximum Gasteiger partial charge on any atom is 0.252 e. The molecule has 528 valence electrons. The van der Waals surface area contributed by atoms with Gasteiger partial charge in [0.1, 0.15) is 6.07 Å². The SMILES string of the molecule is [2H]c1c([2H])c([2H])c2c(c1[2H])c1c([2H])c([2H])c([2H])c([2H])c1n2-c1ccc2c(c1)N(c1ccc(C#N)c(-n3c4ccccc4c4ccccc43)c1)c1cc(-n3c4ccc(C(C)(C)C)cc4c4cc(C(C)(C)C)ccc43)cc3c1B2c1ccc(-c2cc(C(C)(C)C)cc(C(C)(C)C)c2)cc1N3c1cc(-c2ccccc2)cc(-c2ccc(C([2H])([2H])[2H])cc2)c1. The second-order valence-corrected chi connectivity index (χ2v) is 33.8. The molecule has 14 aromatic carbocycles. The minimum Gasteiger partial charge on any atom is -0.311 e. The molecule has 3 aromatic heterocycles. The highest BCUT2D eigenvalue weighted by Crippen LogP contribution is 2.51. The van der Waals surface area contributed by atoms with E-state index < -0.39 is 61.9 Å². The van der Waals surface area contributed by atoms with Gasteiger partial charge in [0.2, 0.25) is 0 Å². The lowest BCUT2D eigenvalue weighted by atomic mass is 9.33. The van der Waals surface area contributed by atoms with E-state index in [9.17, 15) is 13.5 Å². The monoisotopic (exact) mass is 1420 g/mol. The summed E-state index contributed by atoms with van der Waals surface area (Å²) in [6.07, 6.45) is 0. The smallest absolute Gasteiger partial charge is 0.252 e. The van der Waals surface area contributed by atoms with Crippen LogP contribution in [0.2, 0.25) is 0 Å². The molecule has 0 radical (unpaired) electrons. The zero-order chi connectivity index (χ0) is 84.4. The molecule has 19 rings (SSSR count). The molecular weight excluding hydrogens is 1320 g/mol. The van der Waals surface area contributed by atoms with Gasteiger partial charge >= 0.3 is 0 Å². The molecule has 6 nitrogen and oxygen atoms in total. The van der Waals surface area contributed by atoms with Crippen LogP contribution in [-0.4, -0.2) is 20.4 Å². The highest BCUT2D eigenvalue weighted by atomic mass is 15.2.